The van der Waals surface area contributed by atoms with Gasteiger partial charge in [-0.2, -0.15) is 0 Å². The highest BCUT2D eigenvalue weighted by Gasteiger charge is 2.05. The molecule has 0 saturated carbocycles. The highest BCUT2D eigenvalue weighted by Crippen LogP contribution is 2.27. The summed E-state index contributed by atoms with van der Waals surface area (Å²) in [5.74, 6) is 0.0164. The topological polar surface area (TPSA) is 41.1 Å². The van der Waals surface area contributed by atoms with Gasteiger partial charge in [0.2, 0.25) is 0 Å². The summed E-state index contributed by atoms with van der Waals surface area (Å²) in [4.78, 5) is 12.6. The molecule has 3 rings (SSSR count). The lowest BCUT2D eigenvalue weighted by Gasteiger charge is -2.08. The largest absolute Gasteiger partial charge is 0.351 e. The summed E-state index contributed by atoms with van der Waals surface area (Å²) < 4.78 is 1.11. The van der Waals surface area contributed by atoms with E-state index >= 15 is 0 Å². The summed E-state index contributed by atoms with van der Waals surface area (Å²) in [7, 11) is 0. The second-order valence-electron chi connectivity index (χ2n) is 5.94. The smallest absolute Gasteiger partial charge is 0.261 e. The minimum atomic E-state index is 0.0164. The molecule has 0 aliphatic heterocycles. The maximum Gasteiger partial charge on any atom is 0.261 e. The number of thiophene rings is 1. The van der Waals surface area contributed by atoms with Crippen LogP contribution in [0.5, 0.6) is 0 Å². The first-order valence-corrected chi connectivity index (χ1v) is 10.3. The van der Waals surface area contributed by atoms with E-state index in [1.165, 1.54) is 28.0 Å². The molecule has 3 aromatic rings. The number of amides is 1. The molecule has 0 aliphatic rings. The van der Waals surface area contributed by atoms with Gasteiger partial charge in [0.05, 0.1) is 4.88 Å². The van der Waals surface area contributed by atoms with Gasteiger partial charge in [-0.3, -0.25) is 4.79 Å². The molecule has 2 aromatic carbocycles. The van der Waals surface area contributed by atoms with Crippen molar-refractivity contribution in [2.24, 2.45) is 0 Å². The summed E-state index contributed by atoms with van der Waals surface area (Å²) in [6, 6.07) is 20.6. The van der Waals surface area contributed by atoms with Crippen LogP contribution in [-0.4, -0.2) is 19.0 Å². The van der Waals surface area contributed by atoms with E-state index in [1.54, 1.807) is 0 Å². The maximum atomic E-state index is 11.8. The zero-order valence-corrected chi connectivity index (χ0v) is 16.8. The number of hydrogen-bond acceptors (Lipinski definition) is 3. The van der Waals surface area contributed by atoms with Crippen LogP contribution in [0.25, 0.3) is 11.1 Å². The monoisotopic (exact) mass is 428 g/mol. The van der Waals surface area contributed by atoms with Gasteiger partial charge in [-0.15, -0.1) is 11.3 Å². The first-order chi connectivity index (χ1) is 12.7. The number of carbonyl (C=O) groups excluding carboxylic acids is 1. The Morgan fingerprint density at radius 3 is 2.50 bits per heavy atom. The van der Waals surface area contributed by atoms with Crippen molar-refractivity contribution < 1.29 is 4.79 Å². The van der Waals surface area contributed by atoms with Crippen molar-refractivity contribution in [3.63, 3.8) is 0 Å². The molecular formula is C21H21BrN2OS. The van der Waals surface area contributed by atoms with Crippen LogP contribution in [0.1, 0.15) is 21.7 Å². The number of hydrogen-bond donors (Lipinski definition) is 2. The molecule has 134 valence electrons. The van der Waals surface area contributed by atoms with Gasteiger partial charge in [0.1, 0.15) is 0 Å². The third-order valence-electron chi connectivity index (χ3n) is 4.03. The lowest BCUT2D eigenvalue weighted by Crippen LogP contribution is -2.26. The second kappa shape index (κ2) is 9.67. The van der Waals surface area contributed by atoms with Gasteiger partial charge in [-0.1, -0.05) is 64.5 Å². The lowest BCUT2D eigenvalue weighted by molar-refractivity contribution is 0.0957. The van der Waals surface area contributed by atoms with Crippen LogP contribution in [0.15, 0.2) is 70.5 Å². The maximum absolute atomic E-state index is 11.8. The van der Waals surface area contributed by atoms with Crippen molar-refractivity contribution in [2.45, 2.75) is 13.0 Å². The zero-order valence-electron chi connectivity index (χ0n) is 14.4. The van der Waals surface area contributed by atoms with E-state index in [-0.39, 0.29) is 5.91 Å². The molecule has 1 aromatic heterocycles. The molecule has 0 fully saturated rings. The fraction of sp³-hybridized carbons (Fsp3) is 0.190. The van der Waals surface area contributed by atoms with E-state index in [1.807, 2.05) is 29.6 Å². The fourth-order valence-corrected chi connectivity index (χ4v) is 3.79. The van der Waals surface area contributed by atoms with Crippen LogP contribution in [0.2, 0.25) is 0 Å². The van der Waals surface area contributed by atoms with Crippen molar-refractivity contribution in [3.05, 3.63) is 81.0 Å². The van der Waals surface area contributed by atoms with Crippen molar-refractivity contribution >= 4 is 33.2 Å². The Hall–Kier alpha value is -1.95. The first kappa shape index (κ1) is 18.8. The molecule has 0 saturated heterocycles. The number of nitrogens with one attached hydrogen (secondary N) is 2. The average Bonchev–Trinajstić information content (AvgIpc) is 3.20. The fourth-order valence-electron chi connectivity index (χ4n) is 2.64. The van der Waals surface area contributed by atoms with Crippen LogP contribution in [0, 0.1) is 0 Å². The Kier molecular flexibility index (Phi) is 7.00. The Bertz CT molecular complexity index is 831. The molecule has 5 heteroatoms. The first-order valence-electron chi connectivity index (χ1n) is 8.60. The Balaban J connectivity index is 1.37. The van der Waals surface area contributed by atoms with Crippen LogP contribution in [-0.2, 0) is 6.54 Å². The van der Waals surface area contributed by atoms with E-state index in [2.05, 4.69) is 63.0 Å². The molecule has 0 spiro atoms. The predicted molar refractivity (Wildman–Crippen MR) is 113 cm³/mol. The highest BCUT2D eigenvalue weighted by molar-refractivity contribution is 9.10. The zero-order chi connectivity index (χ0) is 18.2. The van der Waals surface area contributed by atoms with Gasteiger partial charge in [0, 0.05) is 17.6 Å². The highest BCUT2D eigenvalue weighted by atomic mass is 79.9. The number of carbonyl (C=O) groups is 1. The van der Waals surface area contributed by atoms with Crippen molar-refractivity contribution in [1.29, 1.82) is 0 Å². The summed E-state index contributed by atoms with van der Waals surface area (Å²) in [5, 5.41) is 8.28. The van der Waals surface area contributed by atoms with Crippen LogP contribution in [0.3, 0.4) is 0 Å². The third-order valence-corrected chi connectivity index (χ3v) is 5.59. The van der Waals surface area contributed by atoms with Crippen molar-refractivity contribution in [1.82, 2.24) is 10.6 Å². The van der Waals surface area contributed by atoms with Gasteiger partial charge in [-0.25, -0.2) is 0 Å². The molecule has 2 N–H and O–H groups in total. The summed E-state index contributed by atoms with van der Waals surface area (Å²) in [5.41, 5.74) is 3.66. The normalized spacial score (nSPS) is 10.7. The van der Waals surface area contributed by atoms with E-state index in [4.69, 9.17) is 0 Å². The van der Waals surface area contributed by atoms with Crippen LogP contribution < -0.4 is 10.6 Å². The van der Waals surface area contributed by atoms with E-state index in [0.717, 1.165) is 28.9 Å². The Labute approximate surface area is 166 Å². The molecule has 0 radical (unpaired) electrons. The number of rotatable bonds is 8. The summed E-state index contributed by atoms with van der Waals surface area (Å²) in [6.45, 7) is 2.39. The number of halogens is 1. The minimum Gasteiger partial charge on any atom is -0.351 e. The van der Waals surface area contributed by atoms with Gasteiger partial charge in [0.25, 0.3) is 5.91 Å². The quantitative estimate of drug-likeness (QED) is 0.490. The van der Waals surface area contributed by atoms with Gasteiger partial charge < -0.3 is 10.6 Å². The van der Waals surface area contributed by atoms with Gasteiger partial charge in [-0.05, 0) is 47.2 Å². The molecule has 1 amide bonds. The molecule has 0 aliphatic carbocycles. The number of benzene rings is 2. The molecule has 0 unspecified atom stereocenters. The summed E-state index contributed by atoms with van der Waals surface area (Å²) >= 11 is 5.06. The predicted octanol–water partition coefficient (Wildman–Crippen LogP) is 5.09. The molecule has 1 heterocycles. The molecule has 0 bridgehead atoms. The van der Waals surface area contributed by atoms with Crippen molar-refractivity contribution in [2.75, 3.05) is 13.1 Å². The standard InChI is InChI=1S/C21H21BrN2OS/c22-19-6-2-1-5-18(19)17-10-8-16(9-11-17)15-23-12-4-13-24-21(25)20-7-3-14-26-20/h1-3,5-11,14,23H,4,12-13,15H2,(H,24,25). The average molecular weight is 429 g/mol. The minimum absolute atomic E-state index is 0.0164. The Morgan fingerprint density at radius 1 is 0.962 bits per heavy atom. The van der Waals surface area contributed by atoms with Crippen molar-refractivity contribution in [3.8, 4) is 11.1 Å². The van der Waals surface area contributed by atoms with Crippen LogP contribution >= 0.6 is 27.3 Å². The SMILES string of the molecule is O=C(NCCCNCc1ccc(-c2ccccc2Br)cc1)c1cccs1. The van der Waals surface area contributed by atoms with Crippen LogP contribution in [0.4, 0.5) is 0 Å². The third kappa shape index (κ3) is 5.27. The molecule has 3 nitrogen and oxygen atoms in total. The molecule has 0 atom stereocenters. The molecule has 26 heavy (non-hydrogen) atoms. The van der Waals surface area contributed by atoms with E-state index in [9.17, 15) is 4.79 Å². The molecular weight excluding hydrogens is 408 g/mol. The summed E-state index contributed by atoms with van der Waals surface area (Å²) in [6.07, 6.45) is 0.909. The van der Waals surface area contributed by atoms with Gasteiger partial charge in [0.15, 0.2) is 0 Å². The lowest BCUT2D eigenvalue weighted by atomic mass is 10.0. The van der Waals surface area contributed by atoms with E-state index in [0.29, 0.717) is 6.54 Å². The second-order valence-corrected chi connectivity index (χ2v) is 7.74. The Morgan fingerprint density at radius 2 is 1.77 bits per heavy atom. The van der Waals surface area contributed by atoms with Gasteiger partial charge >= 0.3 is 0 Å². The van der Waals surface area contributed by atoms with E-state index < -0.39 is 0 Å².